The van der Waals surface area contributed by atoms with E-state index in [0.29, 0.717) is 11.3 Å². The molecule has 188 valence electrons. The van der Waals surface area contributed by atoms with Crippen LogP contribution in [-0.2, 0) is 4.74 Å². The van der Waals surface area contributed by atoms with Crippen LogP contribution in [-0.4, -0.2) is 30.2 Å². The number of carbonyl (C=O) groups is 4. The van der Waals surface area contributed by atoms with E-state index in [2.05, 4.69) is 0 Å². The number of hydrogen-bond acceptors (Lipinski definition) is 6. The van der Waals surface area contributed by atoms with E-state index in [-0.39, 0.29) is 22.5 Å². The van der Waals surface area contributed by atoms with Gasteiger partial charge in [0.15, 0.2) is 12.4 Å². The number of hydrogen-bond donors (Lipinski definition) is 0. The average molecular weight is 522 g/mol. The van der Waals surface area contributed by atoms with Gasteiger partial charge in [-0.3, -0.25) is 14.4 Å². The van der Waals surface area contributed by atoms with E-state index in [9.17, 15) is 19.2 Å². The van der Waals surface area contributed by atoms with Gasteiger partial charge in [-0.1, -0.05) is 59.3 Å². The zero-order valence-electron chi connectivity index (χ0n) is 20.8. The van der Waals surface area contributed by atoms with E-state index < -0.39 is 24.4 Å². The Balaban J connectivity index is 1.27. The van der Waals surface area contributed by atoms with Crippen LogP contribution in [0.3, 0.4) is 0 Å². The number of amides is 2. The van der Waals surface area contributed by atoms with Gasteiger partial charge in [0.1, 0.15) is 0 Å². The number of fused-ring (bicyclic) bond motifs is 1. The third-order valence-corrected chi connectivity index (χ3v) is 7.20. The minimum atomic E-state index is -0.746. The fraction of sp³-hybridized carbons (Fsp3) is 0.0968. The molecule has 0 aromatic heterocycles. The Labute approximate surface area is 224 Å². The molecule has 1 aliphatic heterocycles. The van der Waals surface area contributed by atoms with E-state index in [1.165, 1.54) is 23.8 Å². The molecule has 1 heterocycles. The summed E-state index contributed by atoms with van der Waals surface area (Å²) in [4.78, 5) is 54.3. The lowest BCUT2D eigenvalue weighted by atomic mass is 10.1. The highest BCUT2D eigenvalue weighted by Crippen LogP contribution is 2.33. The molecule has 2 amide bonds. The lowest BCUT2D eigenvalue weighted by molar-refractivity contribution is 0.0474. The van der Waals surface area contributed by atoms with E-state index in [4.69, 9.17) is 4.74 Å². The molecule has 0 N–H and O–H groups in total. The molecule has 0 saturated carbocycles. The molecule has 4 aromatic rings. The molecular formula is C31H23NO5S. The third-order valence-electron chi connectivity index (χ3n) is 6.18. The zero-order chi connectivity index (χ0) is 26.8. The van der Waals surface area contributed by atoms with Crippen molar-refractivity contribution in [2.24, 2.45) is 0 Å². The summed E-state index contributed by atoms with van der Waals surface area (Å²) in [7, 11) is 0. The summed E-state index contributed by atoms with van der Waals surface area (Å²) in [5, 5.41) is 0. The third kappa shape index (κ3) is 5.14. The van der Waals surface area contributed by atoms with Crippen molar-refractivity contribution in [2.75, 3.05) is 11.5 Å². The van der Waals surface area contributed by atoms with Gasteiger partial charge < -0.3 is 4.74 Å². The number of ether oxygens (including phenoxy) is 1. The smallest absolute Gasteiger partial charge is 0.338 e. The first-order chi connectivity index (χ1) is 18.3. The van der Waals surface area contributed by atoms with Crippen LogP contribution in [0.1, 0.15) is 52.6 Å². The van der Waals surface area contributed by atoms with Gasteiger partial charge in [0, 0.05) is 15.4 Å². The summed E-state index contributed by atoms with van der Waals surface area (Å²) in [5.41, 5.74) is 3.50. The highest BCUT2D eigenvalue weighted by Gasteiger charge is 2.37. The quantitative estimate of drug-likeness (QED) is 0.161. The highest BCUT2D eigenvalue weighted by atomic mass is 32.2. The Bertz CT molecular complexity index is 1560. The lowest BCUT2D eigenvalue weighted by Gasteiger charge is -2.14. The molecule has 6 nitrogen and oxygen atoms in total. The van der Waals surface area contributed by atoms with Gasteiger partial charge in [0.25, 0.3) is 11.8 Å². The number of esters is 1. The average Bonchev–Trinajstić information content (AvgIpc) is 3.18. The van der Waals surface area contributed by atoms with Crippen LogP contribution in [0.25, 0.3) is 0 Å². The summed E-state index contributed by atoms with van der Waals surface area (Å²) in [6.07, 6.45) is 0. The van der Waals surface area contributed by atoms with Crippen LogP contribution in [0.4, 0.5) is 5.69 Å². The van der Waals surface area contributed by atoms with Gasteiger partial charge in [0.05, 0.1) is 22.4 Å². The Morgan fingerprint density at radius 1 is 0.684 bits per heavy atom. The first-order valence-corrected chi connectivity index (χ1v) is 12.8. The van der Waals surface area contributed by atoms with Gasteiger partial charge in [-0.2, -0.15) is 0 Å². The summed E-state index contributed by atoms with van der Waals surface area (Å²) >= 11 is 1.58. The molecule has 1 aliphatic rings. The first kappa shape index (κ1) is 25.2. The standard InChI is InChI=1S/C31H23NO5S/c1-19-3-7-21(8-4-19)28(33)18-37-31(36)22-9-16-26-27(17-22)30(35)32(29(26)34)23-10-14-25(15-11-23)38-24-12-5-20(2)6-13-24/h3-17H,18H2,1-2H3. The molecule has 0 bridgehead atoms. The summed E-state index contributed by atoms with van der Waals surface area (Å²) in [6, 6.07) is 26.5. The topological polar surface area (TPSA) is 80.8 Å². The van der Waals surface area contributed by atoms with Gasteiger partial charge in [-0.25, -0.2) is 9.69 Å². The number of nitrogens with zero attached hydrogens (tertiary/aromatic N) is 1. The number of aryl methyl sites for hydroxylation is 2. The zero-order valence-corrected chi connectivity index (χ0v) is 21.6. The summed E-state index contributed by atoms with van der Waals surface area (Å²) in [6.45, 7) is 3.52. The van der Waals surface area contributed by atoms with Crippen LogP contribution in [0.15, 0.2) is 101 Å². The van der Waals surface area contributed by atoms with Gasteiger partial charge >= 0.3 is 5.97 Å². The largest absolute Gasteiger partial charge is 0.454 e. The number of imide groups is 1. The maximum Gasteiger partial charge on any atom is 0.338 e. The molecule has 38 heavy (non-hydrogen) atoms. The molecule has 4 aromatic carbocycles. The van der Waals surface area contributed by atoms with Crippen LogP contribution < -0.4 is 4.90 Å². The van der Waals surface area contributed by atoms with E-state index in [0.717, 1.165) is 20.3 Å². The normalized spacial score (nSPS) is 12.4. The predicted molar refractivity (Wildman–Crippen MR) is 145 cm³/mol. The van der Waals surface area contributed by atoms with Crippen molar-refractivity contribution in [3.05, 3.63) is 124 Å². The Morgan fingerprint density at radius 2 is 1.21 bits per heavy atom. The van der Waals surface area contributed by atoms with E-state index in [1.807, 2.05) is 50.2 Å². The number of carbonyl (C=O) groups excluding carboxylic acids is 4. The monoisotopic (exact) mass is 521 g/mol. The molecule has 0 saturated heterocycles. The molecule has 0 unspecified atom stereocenters. The number of benzene rings is 4. The van der Waals surface area contributed by atoms with Crippen LogP contribution >= 0.6 is 11.8 Å². The number of Topliss-reactive ketones (excluding diaryl/α,β-unsaturated/α-hetero) is 1. The second kappa shape index (κ2) is 10.5. The maximum atomic E-state index is 13.2. The number of rotatable bonds is 7. The lowest BCUT2D eigenvalue weighted by Crippen LogP contribution is -2.29. The van der Waals surface area contributed by atoms with Crippen molar-refractivity contribution in [3.63, 3.8) is 0 Å². The van der Waals surface area contributed by atoms with Crippen molar-refractivity contribution in [1.82, 2.24) is 0 Å². The van der Waals surface area contributed by atoms with Crippen molar-refractivity contribution >= 4 is 41.0 Å². The molecule has 7 heteroatoms. The maximum absolute atomic E-state index is 13.2. The molecule has 5 rings (SSSR count). The molecule has 0 fully saturated rings. The van der Waals surface area contributed by atoms with Crippen LogP contribution in [0, 0.1) is 13.8 Å². The first-order valence-electron chi connectivity index (χ1n) is 11.9. The SMILES string of the molecule is Cc1ccc(Sc2ccc(N3C(=O)c4ccc(C(=O)OCC(=O)c5ccc(C)cc5)cc4C3=O)cc2)cc1. The van der Waals surface area contributed by atoms with Crippen LogP contribution in [0.5, 0.6) is 0 Å². The van der Waals surface area contributed by atoms with Crippen molar-refractivity contribution < 1.29 is 23.9 Å². The number of ketones is 1. The van der Waals surface area contributed by atoms with Gasteiger partial charge in [0.2, 0.25) is 0 Å². The van der Waals surface area contributed by atoms with Gasteiger partial charge in [-0.05, 0) is 68.4 Å². The van der Waals surface area contributed by atoms with Crippen molar-refractivity contribution in [2.45, 2.75) is 23.6 Å². The van der Waals surface area contributed by atoms with Gasteiger partial charge in [-0.15, -0.1) is 0 Å². The number of anilines is 1. The van der Waals surface area contributed by atoms with E-state index >= 15 is 0 Å². The minimum absolute atomic E-state index is 0.0910. The fourth-order valence-electron chi connectivity index (χ4n) is 4.05. The Hall–Kier alpha value is -4.49. The van der Waals surface area contributed by atoms with Crippen molar-refractivity contribution in [1.29, 1.82) is 0 Å². The second-order valence-corrected chi connectivity index (χ2v) is 10.1. The Kier molecular flexibility index (Phi) is 6.94. The molecular weight excluding hydrogens is 498 g/mol. The molecule has 0 atom stereocenters. The summed E-state index contributed by atoms with van der Waals surface area (Å²) < 4.78 is 5.18. The highest BCUT2D eigenvalue weighted by molar-refractivity contribution is 7.99. The predicted octanol–water partition coefficient (Wildman–Crippen LogP) is 6.29. The fourth-order valence-corrected chi connectivity index (χ4v) is 4.86. The minimum Gasteiger partial charge on any atom is -0.454 e. The Morgan fingerprint density at radius 3 is 1.84 bits per heavy atom. The molecule has 0 radical (unpaired) electrons. The van der Waals surface area contributed by atoms with Crippen LogP contribution in [0.2, 0.25) is 0 Å². The van der Waals surface area contributed by atoms with Crippen molar-refractivity contribution in [3.8, 4) is 0 Å². The second-order valence-electron chi connectivity index (χ2n) is 8.98. The van der Waals surface area contributed by atoms with E-state index in [1.54, 1.807) is 48.2 Å². The summed E-state index contributed by atoms with van der Waals surface area (Å²) in [5.74, 6) is -2.06. The molecule has 0 aliphatic carbocycles. The molecule has 0 spiro atoms.